The molecule has 1 aliphatic carbocycles. The summed E-state index contributed by atoms with van der Waals surface area (Å²) in [5.41, 5.74) is 1.17. The highest BCUT2D eigenvalue weighted by atomic mass is 16.4. The second-order valence-corrected chi connectivity index (χ2v) is 6.94. The molecule has 3 heterocycles. The SMILES string of the molecule is Cc1cc(C)c(C(=O)N2CCC3(CC2)CC3c2nnc(C)o2)o1. The van der Waals surface area contributed by atoms with Gasteiger partial charge in [0.05, 0.1) is 0 Å². The van der Waals surface area contributed by atoms with Gasteiger partial charge in [-0.2, -0.15) is 0 Å². The highest BCUT2D eigenvalue weighted by Crippen LogP contribution is 2.64. The maximum atomic E-state index is 12.6. The zero-order valence-corrected chi connectivity index (χ0v) is 13.8. The van der Waals surface area contributed by atoms with E-state index >= 15 is 0 Å². The van der Waals surface area contributed by atoms with Gasteiger partial charge in [0.2, 0.25) is 11.8 Å². The lowest BCUT2D eigenvalue weighted by molar-refractivity contribution is 0.0639. The van der Waals surface area contributed by atoms with Gasteiger partial charge in [0, 0.05) is 31.5 Å². The largest absolute Gasteiger partial charge is 0.456 e. The van der Waals surface area contributed by atoms with Crippen molar-refractivity contribution in [1.29, 1.82) is 0 Å². The predicted octanol–water partition coefficient (Wildman–Crippen LogP) is 3.00. The quantitative estimate of drug-likeness (QED) is 0.852. The minimum absolute atomic E-state index is 0.0104. The van der Waals surface area contributed by atoms with Crippen LogP contribution in [-0.2, 0) is 0 Å². The summed E-state index contributed by atoms with van der Waals surface area (Å²) in [5.74, 6) is 3.04. The van der Waals surface area contributed by atoms with Crippen molar-refractivity contribution in [2.75, 3.05) is 13.1 Å². The summed E-state index contributed by atoms with van der Waals surface area (Å²) < 4.78 is 11.1. The second kappa shape index (κ2) is 4.94. The average Bonchev–Trinajstić information content (AvgIpc) is 2.86. The fourth-order valence-corrected chi connectivity index (χ4v) is 3.85. The van der Waals surface area contributed by atoms with Crippen molar-refractivity contribution >= 4 is 5.91 Å². The number of furan rings is 1. The standard InChI is InChI=1S/C17H21N3O3/c1-10-8-11(2)22-14(10)16(21)20-6-4-17(5-7-20)9-13(17)15-19-18-12(3)23-15/h8,13H,4-7,9H2,1-3H3. The van der Waals surface area contributed by atoms with Gasteiger partial charge in [0.1, 0.15) is 5.76 Å². The van der Waals surface area contributed by atoms with E-state index in [-0.39, 0.29) is 11.3 Å². The summed E-state index contributed by atoms with van der Waals surface area (Å²) in [7, 11) is 0. The van der Waals surface area contributed by atoms with Crippen molar-refractivity contribution in [2.45, 2.75) is 46.0 Å². The van der Waals surface area contributed by atoms with E-state index in [0.717, 1.165) is 49.6 Å². The maximum Gasteiger partial charge on any atom is 0.289 e. The lowest BCUT2D eigenvalue weighted by Crippen LogP contribution is -2.39. The van der Waals surface area contributed by atoms with Crippen molar-refractivity contribution in [3.8, 4) is 0 Å². The Morgan fingerprint density at radius 1 is 1.22 bits per heavy atom. The van der Waals surface area contributed by atoms with Crippen molar-refractivity contribution in [1.82, 2.24) is 15.1 Å². The third kappa shape index (κ3) is 2.36. The molecule has 0 aromatic carbocycles. The molecule has 2 aromatic heterocycles. The molecule has 2 aliphatic rings. The number of rotatable bonds is 2. The number of hydrogen-bond acceptors (Lipinski definition) is 5. The second-order valence-electron chi connectivity index (χ2n) is 6.94. The Balaban J connectivity index is 1.42. The van der Waals surface area contributed by atoms with Crippen molar-refractivity contribution in [2.24, 2.45) is 5.41 Å². The van der Waals surface area contributed by atoms with Gasteiger partial charge < -0.3 is 13.7 Å². The minimum atomic E-state index is 0.0104. The molecule has 23 heavy (non-hydrogen) atoms. The number of carbonyl (C=O) groups is 1. The summed E-state index contributed by atoms with van der Waals surface area (Å²) in [6, 6.07) is 1.91. The van der Waals surface area contributed by atoms with Crippen molar-refractivity contribution in [3.63, 3.8) is 0 Å². The summed E-state index contributed by atoms with van der Waals surface area (Å²) in [4.78, 5) is 14.5. The molecule has 0 bridgehead atoms. The van der Waals surface area contributed by atoms with E-state index in [0.29, 0.717) is 17.6 Å². The molecular formula is C17H21N3O3. The van der Waals surface area contributed by atoms with Crippen LogP contribution in [0.5, 0.6) is 0 Å². The molecular weight excluding hydrogens is 294 g/mol. The number of piperidine rings is 1. The van der Waals surface area contributed by atoms with Crippen LogP contribution in [0.3, 0.4) is 0 Å². The van der Waals surface area contributed by atoms with E-state index in [1.54, 1.807) is 0 Å². The summed E-state index contributed by atoms with van der Waals surface area (Å²) >= 11 is 0. The topological polar surface area (TPSA) is 72.4 Å². The first-order valence-corrected chi connectivity index (χ1v) is 8.15. The highest BCUT2D eigenvalue weighted by Gasteiger charge is 2.58. The smallest absolute Gasteiger partial charge is 0.289 e. The molecule has 6 heteroatoms. The van der Waals surface area contributed by atoms with Gasteiger partial charge in [0.15, 0.2) is 5.76 Å². The van der Waals surface area contributed by atoms with Gasteiger partial charge >= 0.3 is 0 Å². The Morgan fingerprint density at radius 3 is 2.52 bits per heavy atom. The third-order valence-corrected chi connectivity index (χ3v) is 5.31. The Kier molecular flexibility index (Phi) is 3.11. The summed E-state index contributed by atoms with van der Waals surface area (Å²) in [6.07, 6.45) is 3.07. The maximum absolute atomic E-state index is 12.6. The van der Waals surface area contributed by atoms with Crippen LogP contribution in [-0.4, -0.2) is 34.1 Å². The first-order chi connectivity index (χ1) is 11.0. The number of aryl methyl sites for hydroxylation is 3. The number of likely N-dealkylation sites (tertiary alicyclic amines) is 1. The third-order valence-electron chi connectivity index (χ3n) is 5.31. The molecule has 0 N–H and O–H groups in total. The molecule has 2 fully saturated rings. The molecule has 1 amide bonds. The Hall–Kier alpha value is -2.11. The number of hydrogen-bond donors (Lipinski definition) is 0. The molecule has 122 valence electrons. The average molecular weight is 315 g/mol. The van der Waals surface area contributed by atoms with Crippen LogP contribution in [0.1, 0.15) is 58.8 Å². The molecule has 1 atom stereocenters. The van der Waals surface area contributed by atoms with Gasteiger partial charge in [0.25, 0.3) is 5.91 Å². The summed E-state index contributed by atoms with van der Waals surface area (Å²) in [5, 5.41) is 8.09. The first-order valence-electron chi connectivity index (χ1n) is 8.15. The van der Waals surface area contributed by atoms with Gasteiger partial charge in [-0.1, -0.05) is 0 Å². The molecule has 1 saturated heterocycles. The predicted molar refractivity (Wildman–Crippen MR) is 82.1 cm³/mol. The highest BCUT2D eigenvalue weighted by molar-refractivity contribution is 5.93. The van der Waals surface area contributed by atoms with E-state index < -0.39 is 0 Å². The minimum Gasteiger partial charge on any atom is -0.456 e. The van der Waals surface area contributed by atoms with Gasteiger partial charge in [-0.15, -0.1) is 10.2 Å². The lowest BCUT2D eigenvalue weighted by atomic mass is 9.90. The van der Waals surface area contributed by atoms with Gasteiger partial charge in [-0.05, 0) is 44.6 Å². The van der Waals surface area contributed by atoms with Crippen LogP contribution >= 0.6 is 0 Å². The number of carbonyl (C=O) groups excluding carboxylic acids is 1. The zero-order chi connectivity index (χ0) is 16.2. The molecule has 1 spiro atoms. The van der Waals surface area contributed by atoms with Crippen LogP contribution < -0.4 is 0 Å². The van der Waals surface area contributed by atoms with Gasteiger partial charge in [-0.3, -0.25) is 4.79 Å². The number of aromatic nitrogens is 2. The van der Waals surface area contributed by atoms with Crippen LogP contribution in [0.15, 0.2) is 14.9 Å². The first kappa shape index (κ1) is 14.5. The van der Waals surface area contributed by atoms with Crippen molar-refractivity contribution < 1.29 is 13.6 Å². The Labute approximate surface area is 134 Å². The van der Waals surface area contributed by atoms with Crippen LogP contribution in [0.4, 0.5) is 0 Å². The van der Waals surface area contributed by atoms with Crippen LogP contribution in [0, 0.1) is 26.2 Å². The Bertz CT molecular complexity index is 753. The summed E-state index contributed by atoms with van der Waals surface area (Å²) in [6.45, 7) is 7.14. The van der Waals surface area contributed by atoms with E-state index in [2.05, 4.69) is 10.2 Å². The molecule has 2 aromatic rings. The van der Waals surface area contributed by atoms with Gasteiger partial charge in [-0.25, -0.2) is 0 Å². The van der Waals surface area contributed by atoms with Crippen LogP contribution in [0.25, 0.3) is 0 Å². The van der Waals surface area contributed by atoms with Crippen LogP contribution in [0.2, 0.25) is 0 Å². The lowest BCUT2D eigenvalue weighted by Gasteiger charge is -2.32. The molecule has 4 rings (SSSR count). The molecule has 6 nitrogen and oxygen atoms in total. The van der Waals surface area contributed by atoms with Crippen molar-refractivity contribution in [3.05, 3.63) is 34.9 Å². The van der Waals surface area contributed by atoms with E-state index in [4.69, 9.17) is 8.83 Å². The number of amides is 1. The van der Waals surface area contributed by atoms with E-state index in [9.17, 15) is 4.79 Å². The van der Waals surface area contributed by atoms with E-state index in [1.807, 2.05) is 31.7 Å². The fourth-order valence-electron chi connectivity index (χ4n) is 3.85. The monoisotopic (exact) mass is 315 g/mol. The Morgan fingerprint density at radius 2 is 1.96 bits per heavy atom. The normalized spacial score (nSPS) is 22.6. The molecule has 1 aliphatic heterocycles. The molecule has 1 unspecified atom stereocenters. The molecule has 1 saturated carbocycles. The van der Waals surface area contributed by atoms with E-state index in [1.165, 1.54) is 0 Å². The zero-order valence-electron chi connectivity index (χ0n) is 13.8. The fraction of sp³-hybridized carbons (Fsp3) is 0.588. The molecule has 0 radical (unpaired) electrons. The number of nitrogens with zero attached hydrogens (tertiary/aromatic N) is 3.